The molecule has 14 heteroatoms. The minimum Gasteiger partial charge on any atom is -0.493 e. The molecule has 2 fully saturated rings. The Balaban J connectivity index is 1.50. The number of nitro benzene ring substituents is 1. The van der Waals surface area contributed by atoms with E-state index in [1.807, 2.05) is 0 Å². The molecule has 0 radical (unpaired) electrons. The number of aryl methyl sites for hydroxylation is 1. The summed E-state index contributed by atoms with van der Waals surface area (Å²) in [5.74, 6) is -0.525. The monoisotopic (exact) mass is 589 g/mol. The lowest BCUT2D eigenvalue weighted by Crippen LogP contribution is -2.45. The normalized spacial score (nSPS) is 17.4. The van der Waals surface area contributed by atoms with Crippen molar-refractivity contribution in [2.45, 2.75) is 31.6 Å². The van der Waals surface area contributed by atoms with Crippen LogP contribution in [-0.2, 0) is 19.7 Å². The molecule has 2 saturated heterocycles. The molecule has 0 N–H and O–H groups in total. The number of likely N-dealkylation sites (tertiary alicyclic amines) is 1. The Kier molecular flexibility index (Phi) is 8.49. The molecule has 212 valence electrons. The van der Waals surface area contributed by atoms with Crippen LogP contribution in [0.5, 0.6) is 11.5 Å². The van der Waals surface area contributed by atoms with Crippen molar-refractivity contribution in [1.82, 2.24) is 9.80 Å². The number of carbonyl (C=O) groups is 3. The maximum absolute atomic E-state index is 12.9. The van der Waals surface area contributed by atoms with Crippen LogP contribution in [-0.4, -0.2) is 66.9 Å². The second-order valence-corrected chi connectivity index (χ2v) is 12.0. The highest BCUT2D eigenvalue weighted by atomic mass is 32.2. The third kappa shape index (κ3) is 6.28. The summed E-state index contributed by atoms with van der Waals surface area (Å²) >= 11 is 0.700. The number of methoxy groups -OCH3 is 1. The summed E-state index contributed by atoms with van der Waals surface area (Å²) in [7, 11) is -3.16. The standard InChI is InChI=1S/C26H27N3O9S2/c1-16-8-10-27(11-9-16)24(30)15-28-25(31)23(39-26(28)32)13-18-5-7-21(22(12-18)37-3)38-40(35,36)19-6-4-17(2)20(14-19)29(33)34/h4-7,12-14,16H,8-11,15H2,1-3H3/b23-13-. The Morgan fingerprint density at radius 1 is 1.15 bits per heavy atom. The minimum atomic E-state index is -4.45. The molecule has 0 spiro atoms. The van der Waals surface area contributed by atoms with Gasteiger partial charge in [0.15, 0.2) is 11.5 Å². The number of amides is 3. The van der Waals surface area contributed by atoms with E-state index in [4.69, 9.17) is 8.92 Å². The number of ether oxygens (including phenoxy) is 1. The number of nitrogens with zero attached hydrogens (tertiary/aromatic N) is 3. The fraction of sp³-hybridized carbons (Fsp3) is 0.346. The molecule has 12 nitrogen and oxygen atoms in total. The van der Waals surface area contributed by atoms with Gasteiger partial charge in [-0.1, -0.05) is 19.1 Å². The van der Waals surface area contributed by atoms with Gasteiger partial charge in [-0.2, -0.15) is 8.42 Å². The van der Waals surface area contributed by atoms with Crippen LogP contribution < -0.4 is 8.92 Å². The zero-order chi connectivity index (χ0) is 29.2. The van der Waals surface area contributed by atoms with Gasteiger partial charge in [0.2, 0.25) is 5.91 Å². The lowest BCUT2D eigenvalue weighted by atomic mass is 9.99. The molecule has 2 aromatic rings. The van der Waals surface area contributed by atoms with Gasteiger partial charge < -0.3 is 13.8 Å². The maximum atomic E-state index is 12.9. The average molecular weight is 590 g/mol. The molecule has 3 amide bonds. The zero-order valence-electron chi connectivity index (χ0n) is 22.0. The summed E-state index contributed by atoms with van der Waals surface area (Å²) in [4.78, 5) is 50.9. The highest BCUT2D eigenvalue weighted by molar-refractivity contribution is 8.18. The van der Waals surface area contributed by atoms with Gasteiger partial charge in [0, 0.05) is 24.7 Å². The van der Waals surface area contributed by atoms with Crippen molar-refractivity contribution in [3.8, 4) is 11.5 Å². The number of nitro groups is 1. The number of hydrogen-bond acceptors (Lipinski definition) is 10. The van der Waals surface area contributed by atoms with E-state index in [0.717, 1.165) is 23.8 Å². The van der Waals surface area contributed by atoms with Crippen molar-refractivity contribution in [2.75, 3.05) is 26.7 Å². The first-order valence-corrected chi connectivity index (χ1v) is 14.5. The molecule has 0 bridgehead atoms. The minimum absolute atomic E-state index is 0.00710. The van der Waals surface area contributed by atoms with E-state index in [1.165, 1.54) is 50.4 Å². The van der Waals surface area contributed by atoms with E-state index in [-0.39, 0.29) is 34.5 Å². The fourth-order valence-electron chi connectivity index (χ4n) is 4.23. The smallest absolute Gasteiger partial charge is 0.339 e. The van der Waals surface area contributed by atoms with Crippen LogP contribution in [0.3, 0.4) is 0 Å². The molecule has 40 heavy (non-hydrogen) atoms. The molecule has 2 aliphatic rings. The first-order valence-electron chi connectivity index (χ1n) is 12.3. The summed E-state index contributed by atoms with van der Waals surface area (Å²) in [6.07, 6.45) is 3.19. The predicted octanol–water partition coefficient (Wildman–Crippen LogP) is 3.97. The van der Waals surface area contributed by atoms with E-state index in [1.54, 1.807) is 4.90 Å². The van der Waals surface area contributed by atoms with Crippen molar-refractivity contribution in [2.24, 2.45) is 5.92 Å². The largest absolute Gasteiger partial charge is 0.493 e. The number of hydrogen-bond donors (Lipinski definition) is 0. The second kappa shape index (κ2) is 11.7. The Hall–Kier alpha value is -3.91. The van der Waals surface area contributed by atoms with Gasteiger partial charge in [-0.15, -0.1) is 0 Å². The molecule has 0 aliphatic carbocycles. The summed E-state index contributed by atoms with van der Waals surface area (Å²) in [5, 5.41) is 10.7. The van der Waals surface area contributed by atoms with E-state index >= 15 is 0 Å². The number of thioether (sulfide) groups is 1. The van der Waals surface area contributed by atoms with Crippen LogP contribution in [0, 0.1) is 23.0 Å². The Morgan fingerprint density at radius 3 is 2.50 bits per heavy atom. The molecule has 4 rings (SSSR count). The first kappa shape index (κ1) is 29.1. The number of rotatable bonds is 8. The maximum Gasteiger partial charge on any atom is 0.339 e. The SMILES string of the molecule is COc1cc(/C=C2\SC(=O)N(CC(=O)N3CCC(C)CC3)C2=O)ccc1OS(=O)(=O)c1ccc(C)c([N+](=O)[O-])c1. The van der Waals surface area contributed by atoms with Crippen LogP contribution >= 0.6 is 11.8 Å². The van der Waals surface area contributed by atoms with E-state index in [9.17, 15) is 32.9 Å². The van der Waals surface area contributed by atoms with Crippen LogP contribution in [0.15, 0.2) is 46.2 Å². The zero-order valence-corrected chi connectivity index (χ0v) is 23.6. The second-order valence-electron chi connectivity index (χ2n) is 9.48. The van der Waals surface area contributed by atoms with Crippen LogP contribution in [0.4, 0.5) is 10.5 Å². The highest BCUT2D eigenvalue weighted by Gasteiger charge is 2.37. The fourth-order valence-corrected chi connectivity index (χ4v) is 6.03. The highest BCUT2D eigenvalue weighted by Crippen LogP contribution is 2.36. The van der Waals surface area contributed by atoms with Gasteiger partial charge in [-0.25, -0.2) is 0 Å². The molecule has 2 heterocycles. The van der Waals surface area contributed by atoms with Crippen molar-refractivity contribution >= 4 is 50.7 Å². The van der Waals surface area contributed by atoms with E-state index in [0.29, 0.717) is 41.9 Å². The summed E-state index contributed by atoms with van der Waals surface area (Å²) in [6.45, 7) is 4.46. The lowest BCUT2D eigenvalue weighted by Gasteiger charge is -2.31. The third-order valence-electron chi connectivity index (χ3n) is 6.65. The van der Waals surface area contributed by atoms with Gasteiger partial charge in [0.1, 0.15) is 11.4 Å². The first-order chi connectivity index (χ1) is 18.9. The molecule has 0 unspecified atom stereocenters. The van der Waals surface area contributed by atoms with Crippen LogP contribution in [0.1, 0.15) is 30.9 Å². The average Bonchev–Trinajstić information content (AvgIpc) is 3.16. The van der Waals surface area contributed by atoms with Crippen molar-refractivity contribution in [3.63, 3.8) is 0 Å². The molecular weight excluding hydrogens is 562 g/mol. The Bertz CT molecular complexity index is 1510. The predicted molar refractivity (Wildman–Crippen MR) is 146 cm³/mol. The lowest BCUT2D eigenvalue weighted by molar-refractivity contribution is -0.385. The Labute approximate surface area is 235 Å². The number of piperidine rings is 1. The Morgan fingerprint density at radius 2 is 1.85 bits per heavy atom. The van der Waals surface area contributed by atoms with Crippen LogP contribution in [0.25, 0.3) is 6.08 Å². The molecular formula is C26H27N3O9S2. The summed E-state index contributed by atoms with van der Waals surface area (Å²) in [6, 6.07) is 7.59. The van der Waals surface area contributed by atoms with Crippen molar-refractivity contribution < 1.29 is 36.6 Å². The van der Waals surface area contributed by atoms with Gasteiger partial charge >= 0.3 is 10.1 Å². The van der Waals surface area contributed by atoms with E-state index in [2.05, 4.69) is 6.92 Å². The number of benzene rings is 2. The van der Waals surface area contributed by atoms with Crippen molar-refractivity contribution in [3.05, 3.63) is 62.5 Å². The molecule has 0 aromatic heterocycles. The number of imide groups is 1. The number of carbonyl (C=O) groups excluding carboxylic acids is 3. The van der Waals surface area contributed by atoms with Gasteiger partial charge in [-0.05, 0) is 67.3 Å². The van der Waals surface area contributed by atoms with E-state index < -0.39 is 31.1 Å². The summed E-state index contributed by atoms with van der Waals surface area (Å²) < 4.78 is 36.1. The van der Waals surface area contributed by atoms with Gasteiger partial charge in [0.05, 0.1) is 16.9 Å². The summed E-state index contributed by atoms with van der Waals surface area (Å²) in [5.41, 5.74) is 0.336. The molecule has 2 aromatic carbocycles. The quantitative estimate of drug-likeness (QED) is 0.191. The van der Waals surface area contributed by atoms with Crippen molar-refractivity contribution in [1.29, 1.82) is 0 Å². The van der Waals surface area contributed by atoms with Crippen LogP contribution in [0.2, 0.25) is 0 Å². The molecule has 0 saturated carbocycles. The van der Waals surface area contributed by atoms with Gasteiger partial charge in [-0.3, -0.25) is 29.4 Å². The van der Waals surface area contributed by atoms with Gasteiger partial charge in [0.25, 0.3) is 16.8 Å². The molecule has 2 aliphatic heterocycles. The topological polar surface area (TPSA) is 153 Å². The third-order valence-corrected chi connectivity index (χ3v) is 8.79. The molecule has 0 atom stereocenters.